The van der Waals surface area contributed by atoms with Gasteiger partial charge in [-0.3, -0.25) is 9.59 Å². The molecule has 140 valence electrons. The number of amides is 2. The molecule has 0 unspecified atom stereocenters. The van der Waals surface area contributed by atoms with Gasteiger partial charge in [0.05, 0.1) is 18.7 Å². The zero-order valence-corrected chi connectivity index (χ0v) is 15.6. The molecule has 6 nitrogen and oxygen atoms in total. The van der Waals surface area contributed by atoms with Crippen LogP contribution < -0.4 is 15.0 Å². The molecule has 0 aliphatic carbocycles. The summed E-state index contributed by atoms with van der Waals surface area (Å²) in [6, 6.07) is 16.5. The SMILES string of the molecule is COc1ccccc1CCNC(=O)CCN(C(C)=O)c1cccc(C#N)c1. The van der Waals surface area contributed by atoms with Crippen LogP contribution in [-0.4, -0.2) is 32.0 Å². The molecular formula is C21H23N3O3. The van der Waals surface area contributed by atoms with E-state index >= 15 is 0 Å². The lowest BCUT2D eigenvalue weighted by molar-refractivity contribution is -0.121. The molecule has 0 aromatic heterocycles. The number of carbonyl (C=O) groups is 2. The van der Waals surface area contributed by atoms with Gasteiger partial charge in [0, 0.05) is 32.1 Å². The standard InChI is InChI=1S/C21H23N3O3/c1-16(25)24(19-8-5-6-17(14-19)15-22)13-11-21(26)23-12-10-18-7-3-4-9-20(18)27-2/h3-9,14H,10-13H2,1-2H3,(H,23,26). The Bertz CT molecular complexity index is 843. The van der Waals surface area contributed by atoms with Crippen molar-refractivity contribution in [1.29, 1.82) is 5.26 Å². The minimum Gasteiger partial charge on any atom is -0.496 e. The highest BCUT2D eigenvalue weighted by Crippen LogP contribution is 2.18. The summed E-state index contributed by atoms with van der Waals surface area (Å²) < 4.78 is 5.30. The molecule has 0 heterocycles. The van der Waals surface area contributed by atoms with Gasteiger partial charge in [-0.1, -0.05) is 24.3 Å². The first-order valence-corrected chi connectivity index (χ1v) is 8.72. The largest absolute Gasteiger partial charge is 0.496 e. The summed E-state index contributed by atoms with van der Waals surface area (Å²) in [6.07, 6.45) is 0.846. The normalized spacial score (nSPS) is 9.96. The summed E-state index contributed by atoms with van der Waals surface area (Å²) in [5.74, 6) is 0.492. The molecule has 0 radical (unpaired) electrons. The van der Waals surface area contributed by atoms with E-state index in [1.807, 2.05) is 24.3 Å². The fourth-order valence-corrected chi connectivity index (χ4v) is 2.76. The van der Waals surface area contributed by atoms with Crippen LogP contribution in [0.4, 0.5) is 5.69 Å². The second kappa shape index (κ2) is 9.97. The molecule has 2 aromatic carbocycles. The fourth-order valence-electron chi connectivity index (χ4n) is 2.76. The Balaban J connectivity index is 1.87. The fraction of sp³-hybridized carbons (Fsp3) is 0.286. The minimum atomic E-state index is -0.174. The Morgan fingerprint density at radius 2 is 1.96 bits per heavy atom. The minimum absolute atomic E-state index is 0.132. The van der Waals surface area contributed by atoms with Gasteiger partial charge in [0.15, 0.2) is 0 Å². The number of rotatable bonds is 8. The van der Waals surface area contributed by atoms with E-state index in [-0.39, 0.29) is 24.8 Å². The molecule has 0 saturated heterocycles. The van der Waals surface area contributed by atoms with Gasteiger partial charge in [0.25, 0.3) is 0 Å². The molecule has 0 atom stereocenters. The van der Waals surface area contributed by atoms with Crippen LogP contribution in [0.2, 0.25) is 0 Å². The number of nitriles is 1. The molecule has 0 aliphatic heterocycles. The van der Waals surface area contributed by atoms with E-state index in [0.717, 1.165) is 11.3 Å². The molecule has 27 heavy (non-hydrogen) atoms. The van der Waals surface area contributed by atoms with Crippen LogP contribution in [-0.2, 0) is 16.0 Å². The molecule has 1 N–H and O–H groups in total. The molecular weight excluding hydrogens is 342 g/mol. The van der Waals surface area contributed by atoms with E-state index in [2.05, 4.69) is 11.4 Å². The topological polar surface area (TPSA) is 82.4 Å². The highest BCUT2D eigenvalue weighted by atomic mass is 16.5. The average molecular weight is 365 g/mol. The second-order valence-corrected chi connectivity index (χ2v) is 5.99. The molecule has 6 heteroatoms. The zero-order chi connectivity index (χ0) is 19.6. The first-order chi connectivity index (χ1) is 13.0. The lowest BCUT2D eigenvalue weighted by atomic mass is 10.1. The van der Waals surface area contributed by atoms with E-state index in [1.54, 1.807) is 31.4 Å². The van der Waals surface area contributed by atoms with Crippen LogP contribution in [0.5, 0.6) is 5.75 Å². The van der Waals surface area contributed by atoms with Crippen molar-refractivity contribution in [3.05, 3.63) is 59.7 Å². The zero-order valence-electron chi connectivity index (χ0n) is 15.6. The van der Waals surface area contributed by atoms with Crippen LogP contribution in [0.25, 0.3) is 0 Å². The monoisotopic (exact) mass is 365 g/mol. The maximum Gasteiger partial charge on any atom is 0.223 e. The summed E-state index contributed by atoms with van der Waals surface area (Å²) in [6.45, 7) is 2.19. The van der Waals surface area contributed by atoms with Gasteiger partial charge in [-0.25, -0.2) is 0 Å². The number of anilines is 1. The van der Waals surface area contributed by atoms with Crippen molar-refractivity contribution < 1.29 is 14.3 Å². The van der Waals surface area contributed by atoms with E-state index < -0.39 is 0 Å². The molecule has 2 amide bonds. The maximum absolute atomic E-state index is 12.1. The third-order valence-electron chi connectivity index (χ3n) is 4.14. The van der Waals surface area contributed by atoms with Gasteiger partial charge >= 0.3 is 0 Å². The van der Waals surface area contributed by atoms with Crippen molar-refractivity contribution in [1.82, 2.24) is 5.32 Å². The van der Waals surface area contributed by atoms with Gasteiger partial charge in [-0.2, -0.15) is 5.26 Å². The maximum atomic E-state index is 12.1. The van der Waals surface area contributed by atoms with Crippen molar-refractivity contribution >= 4 is 17.5 Å². The van der Waals surface area contributed by atoms with Crippen molar-refractivity contribution in [3.8, 4) is 11.8 Å². The van der Waals surface area contributed by atoms with Crippen molar-refractivity contribution in [2.75, 3.05) is 25.1 Å². The number of nitrogens with zero attached hydrogens (tertiary/aromatic N) is 2. The van der Waals surface area contributed by atoms with Crippen molar-refractivity contribution in [2.24, 2.45) is 0 Å². The van der Waals surface area contributed by atoms with Gasteiger partial charge < -0.3 is 15.0 Å². The molecule has 0 fully saturated rings. The molecule has 0 bridgehead atoms. The van der Waals surface area contributed by atoms with Gasteiger partial charge in [0.1, 0.15) is 5.75 Å². The van der Waals surface area contributed by atoms with Crippen LogP contribution in [0.3, 0.4) is 0 Å². The number of methoxy groups -OCH3 is 1. The number of ether oxygens (including phenoxy) is 1. The summed E-state index contributed by atoms with van der Waals surface area (Å²) in [7, 11) is 1.62. The number of para-hydroxylation sites is 1. The van der Waals surface area contributed by atoms with Crippen LogP contribution in [0.1, 0.15) is 24.5 Å². The first kappa shape index (κ1) is 20.0. The van der Waals surface area contributed by atoms with Gasteiger partial charge in [0.2, 0.25) is 11.8 Å². The molecule has 2 aromatic rings. The number of carbonyl (C=O) groups excluding carboxylic acids is 2. The Hall–Kier alpha value is -3.33. The average Bonchev–Trinajstić information content (AvgIpc) is 2.68. The Kier molecular flexibility index (Phi) is 7.38. The van der Waals surface area contributed by atoms with E-state index in [0.29, 0.717) is 24.2 Å². The number of benzene rings is 2. The van der Waals surface area contributed by atoms with E-state index in [1.165, 1.54) is 11.8 Å². The summed E-state index contributed by atoms with van der Waals surface area (Å²) in [5, 5.41) is 11.9. The van der Waals surface area contributed by atoms with E-state index in [9.17, 15) is 9.59 Å². The molecule has 0 spiro atoms. The van der Waals surface area contributed by atoms with Crippen molar-refractivity contribution in [2.45, 2.75) is 19.8 Å². The molecule has 2 rings (SSSR count). The number of nitrogens with one attached hydrogen (secondary N) is 1. The van der Waals surface area contributed by atoms with Gasteiger partial charge in [-0.15, -0.1) is 0 Å². The van der Waals surface area contributed by atoms with Crippen LogP contribution in [0, 0.1) is 11.3 Å². The Morgan fingerprint density at radius 3 is 2.67 bits per heavy atom. The Morgan fingerprint density at radius 1 is 1.19 bits per heavy atom. The second-order valence-electron chi connectivity index (χ2n) is 5.99. The Labute approximate surface area is 159 Å². The third-order valence-corrected chi connectivity index (χ3v) is 4.14. The number of hydrogen-bond donors (Lipinski definition) is 1. The third kappa shape index (κ3) is 5.86. The summed E-state index contributed by atoms with van der Waals surface area (Å²) in [5.41, 5.74) is 2.11. The quantitative estimate of drug-likeness (QED) is 0.780. The summed E-state index contributed by atoms with van der Waals surface area (Å²) in [4.78, 5) is 25.6. The van der Waals surface area contributed by atoms with Crippen LogP contribution >= 0.6 is 0 Å². The highest BCUT2D eigenvalue weighted by molar-refractivity contribution is 5.92. The predicted molar refractivity (Wildman–Crippen MR) is 104 cm³/mol. The molecule has 0 saturated carbocycles. The van der Waals surface area contributed by atoms with Gasteiger partial charge in [-0.05, 0) is 36.2 Å². The lowest BCUT2D eigenvalue weighted by Gasteiger charge is -2.21. The smallest absolute Gasteiger partial charge is 0.223 e. The lowest BCUT2D eigenvalue weighted by Crippen LogP contribution is -2.34. The highest BCUT2D eigenvalue weighted by Gasteiger charge is 2.14. The summed E-state index contributed by atoms with van der Waals surface area (Å²) >= 11 is 0. The van der Waals surface area contributed by atoms with Crippen molar-refractivity contribution in [3.63, 3.8) is 0 Å². The number of hydrogen-bond acceptors (Lipinski definition) is 4. The van der Waals surface area contributed by atoms with E-state index in [4.69, 9.17) is 10.00 Å². The molecule has 0 aliphatic rings. The predicted octanol–water partition coefficient (Wildman–Crippen LogP) is 2.67. The first-order valence-electron chi connectivity index (χ1n) is 8.72. The van der Waals surface area contributed by atoms with Crippen LogP contribution in [0.15, 0.2) is 48.5 Å².